The van der Waals surface area contributed by atoms with Crippen LogP contribution in [0.15, 0.2) is 65.8 Å². The van der Waals surface area contributed by atoms with Crippen molar-refractivity contribution in [3.8, 4) is 11.3 Å². The highest BCUT2D eigenvalue weighted by atomic mass is 16.1. The van der Waals surface area contributed by atoms with E-state index in [1.165, 1.54) is 4.52 Å². The van der Waals surface area contributed by atoms with Gasteiger partial charge >= 0.3 is 0 Å². The van der Waals surface area contributed by atoms with Gasteiger partial charge in [0.1, 0.15) is 5.82 Å². The van der Waals surface area contributed by atoms with Crippen molar-refractivity contribution in [2.45, 2.75) is 18.8 Å². The maximum absolute atomic E-state index is 12.7. The van der Waals surface area contributed by atoms with Crippen molar-refractivity contribution in [1.29, 1.82) is 0 Å². The molecule has 7 nitrogen and oxygen atoms in total. The largest absolute Gasteiger partial charge is 0.356 e. The minimum absolute atomic E-state index is 0.0999. The first-order chi connectivity index (χ1) is 13.8. The second-order valence-corrected chi connectivity index (χ2v) is 7.05. The highest BCUT2D eigenvalue weighted by molar-refractivity contribution is 5.74. The number of aromatic nitrogens is 5. The van der Waals surface area contributed by atoms with Crippen LogP contribution >= 0.6 is 0 Å². The quantitative estimate of drug-likeness (QED) is 0.598. The maximum Gasteiger partial charge on any atom is 0.272 e. The van der Waals surface area contributed by atoms with E-state index in [9.17, 15) is 4.79 Å². The molecular formula is C21H20N6O. The van der Waals surface area contributed by atoms with E-state index in [1.54, 1.807) is 18.5 Å². The average Bonchev–Trinajstić information content (AvgIpc) is 3.20. The third kappa shape index (κ3) is 2.94. The molecule has 0 aliphatic carbocycles. The second-order valence-electron chi connectivity index (χ2n) is 7.05. The van der Waals surface area contributed by atoms with Crippen LogP contribution in [-0.4, -0.2) is 37.7 Å². The van der Waals surface area contributed by atoms with Crippen molar-refractivity contribution in [2.75, 3.05) is 18.0 Å². The zero-order valence-electron chi connectivity index (χ0n) is 15.3. The molecule has 1 saturated heterocycles. The number of pyridine rings is 2. The van der Waals surface area contributed by atoms with E-state index in [2.05, 4.69) is 20.0 Å². The average molecular weight is 372 g/mol. The Hall–Kier alpha value is -3.48. The molecule has 0 saturated carbocycles. The van der Waals surface area contributed by atoms with E-state index in [0.717, 1.165) is 48.7 Å². The minimum atomic E-state index is -0.0999. The zero-order valence-corrected chi connectivity index (χ0v) is 15.3. The molecule has 1 aliphatic heterocycles. The van der Waals surface area contributed by atoms with Gasteiger partial charge in [-0.1, -0.05) is 12.1 Å². The molecule has 140 valence electrons. The Morgan fingerprint density at radius 1 is 1.07 bits per heavy atom. The standard InChI is InChI=1S/C21H20N6O/c28-20-12-18(15-6-5-11-26(14-15)19-8-2-4-10-23-19)25-21-16(13-24-27(20)21)17-7-1-3-9-22-17/h1-4,7-10,12-13,15,24H,5-6,11,14H2. The first-order valence-corrected chi connectivity index (χ1v) is 9.48. The van der Waals surface area contributed by atoms with Crippen molar-refractivity contribution in [3.63, 3.8) is 0 Å². The van der Waals surface area contributed by atoms with Crippen molar-refractivity contribution in [2.24, 2.45) is 0 Å². The third-order valence-electron chi connectivity index (χ3n) is 5.27. The molecular weight excluding hydrogens is 352 g/mol. The molecule has 28 heavy (non-hydrogen) atoms. The molecule has 1 aliphatic rings. The van der Waals surface area contributed by atoms with Gasteiger partial charge in [-0.25, -0.2) is 14.5 Å². The van der Waals surface area contributed by atoms with Gasteiger partial charge in [0.2, 0.25) is 0 Å². The van der Waals surface area contributed by atoms with E-state index in [1.807, 2.05) is 42.6 Å². The van der Waals surface area contributed by atoms with E-state index in [4.69, 9.17) is 4.98 Å². The molecule has 0 radical (unpaired) electrons. The summed E-state index contributed by atoms with van der Waals surface area (Å²) in [5.41, 5.74) is 2.98. The molecule has 1 unspecified atom stereocenters. The van der Waals surface area contributed by atoms with E-state index < -0.39 is 0 Å². The van der Waals surface area contributed by atoms with Crippen molar-refractivity contribution < 1.29 is 0 Å². The Morgan fingerprint density at radius 3 is 2.71 bits per heavy atom. The normalized spacial score (nSPS) is 17.1. The van der Waals surface area contributed by atoms with Crippen LogP contribution < -0.4 is 10.5 Å². The summed E-state index contributed by atoms with van der Waals surface area (Å²) in [4.78, 5) is 28.7. The van der Waals surface area contributed by atoms with Crippen LogP contribution in [0.2, 0.25) is 0 Å². The summed E-state index contributed by atoms with van der Waals surface area (Å²) in [7, 11) is 0. The van der Waals surface area contributed by atoms with Crippen molar-refractivity contribution in [3.05, 3.63) is 77.1 Å². The molecule has 5 heterocycles. The Labute approximate surface area is 161 Å². The molecule has 1 N–H and O–H groups in total. The number of aromatic amines is 1. The van der Waals surface area contributed by atoms with Crippen molar-refractivity contribution in [1.82, 2.24) is 24.6 Å². The number of H-pyrrole nitrogens is 1. The first kappa shape index (κ1) is 16.7. The molecule has 1 fully saturated rings. The molecule has 0 aromatic carbocycles. The molecule has 0 spiro atoms. The third-order valence-corrected chi connectivity index (χ3v) is 5.27. The Bertz CT molecular complexity index is 1150. The number of rotatable bonds is 3. The number of anilines is 1. The van der Waals surface area contributed by atoms with Gasteiger partial charge in [-0.05, 0) is 37.1 Å². The highest BCUT2D eigenvalue weighted by Gasteiger charge is 2.24. The molecule has 0 amide bonds. The fourth-order valence-electron chi connectivity index (χ4n) is 3.89. The lowest BCUT2D eigenvalue weighted by atomic mass is 9.94. The molecule has 4 aromatic heterocycles. The van der Waals surface area contributed by atoms with Gasteiger partial charge < -0.3 is 4.90 Å². The number of hydrogen-bond acceptors (Lipinski definition) is 5. The van der Waals surface area contributed by atoms with Gasteiger partial charge in [0, 0.05) is 43.7 Å². The number of hydrogen-bond donors (Lipinski definition) is 1. The summed E-state index contributed by atoms with van der Waals surface area (Å²) in [5.74, 6) is 1.17. The Balaban J connectivity index is 1.53. The predicted octanol–water partition coefficient (Wildman–Crippen LogP) is 2.86. The van der Waals surface area contributed by atoms with Crippen LogP contribution in [-0.2, 0) is 0 Å². The summed E-state index contributed by atoms with van der Waals surface area (Å²) >= 11 is 0. The SMILES string of the molecule is O=c1cc(C2CCCN(c3ccccn3)C2)nc2c(-c3ccccn3)c[nH]n12. The highest BCUT2D eigenvalue weighted by Crippen LogP contribution is 2.29. The van der Waals surface area contributed by atoms with Gasteiger partial charge in [-0.2, -0.15) is 0 Å². The van der Waals surface area contributed by atoms with Gasteiger partial charge in [0.25, 0.3) is 5.56 Å². The smallest absolute Gasteiger partial charge is 0.272 e. The van der Waals surface area contributed by atoms with E-state index in [-0.39, 0.29) is 11.5 Å². The van der Waals surface area contributed by atoms with Gasteiger partial charge in [-0.15, -0.1) is 0 Å². The minimum Gasteiger partial charge on any atom is -0.356 e. The van der Waals surface area contributed by atoms with E-state index in [0.29, 0.717) is 5.65 Å². The zero-order chi connectivity index (χ0) is 18.9. The van der Waals surface area contributed by atoms with Crippen LogP contribution in [0.1, 0.15) is 24.5 Å². The molecule has 5 rings (SSSR count). The summed E-state index contributed by atoms with van der Waals surface area (Å²) in [5, 5.41) is 3.00. The van der Waals surface area contributed by atoms with Gasteiger partial charge in [0.15, 0.2) is 5.65 Å². The predicted molar refractivity (Wildman–Crippen MR) is 107 cm³/mol. The maximum atomic E-state index is 12.7. The second kappa shape index (κ2) is 6.92. The van der Waals surface area contributed by atoms with Crippen LogP contribution in [0, 0.1) is 0 Å². The topological polar surface area (TPSA) is 79.2 Å². The fraction of sp³-hybridized carbons (Fsp3) is 0.238. The monoisotopic (exact) mass is 372 g/mol. The molecule has 1 atom stereocenters. The summed E-state index contributed by atoms with van der Waals surface area (Å²) in [6.45, 7) is 1.78. The van der Waals surface area contributed by atoms with E-state index >= 15 is 0 Å². The molecule has 4 aromatic rings. The first-order valence-electron chi connectivity index (χ1n) is 9.48. The number of fused-ring (bicyclic) bond motifs is 1. The van der Waals surface area contributed by atoms with Crippen LogP contribution in [0.3, 0.4) is 0 Å². The van der Waals surface area contributed by atoms with Gasteiger partial charge in [-0.3, -0.25) is 14.9 Å². The van der Waals surface area contributed by atoms with Crippen LogP contribution in [0.25, 0.3) is 16.9 Å². The fourth-order valence-corrected chi connectivity index (χ4v) is 3.89. The molecule has 7 heteroatoms. The lowest BCUT2D eigenvalue weighted by molar-refractivity contribution is 0.498. The number of nitrogens with one attached hydrogen (secondary N) is 1. The Kier molecular flexibility index (Phi) is 4.12. The summed E-state index contributed by atoms with van der Waals surface area (Å²) in [6, 6.07) is 13.3. The van der Waals surface area contributed by atoms with Gasteiger partial charge in [0.05, 0.1) is 17.0 Å². The number of piperidine rings is 1. The lowest BCUT2D eigenvalue weighted by Crippen LogP contribution is -2.35. The summed E-state index contributed by atoms with van der Waals surface area (Å²) in [6.07, 6.45) is 7.40. The number of nitrogens with zero attached hydrogens (tertiary/aromatic N) is 5. The van der Waals surface area contributed by atoms with Crippen LogP contribution in [0.5, 0.6) is 0 Å². The lowest BCUT2D eigenvalue weighted by Gasteiger charge is -2.33. The Morgan fingerprint density at radius 2 is 1.93 bits per heavy atom. The van der Waals surface area contributed by atoms with Crippen molar-refractivity contribution >= 4 is 11.5 Å². The summed E-state index contributed by atoms with van der Waals surface area (Å²) < 4.78 is 1.48. The molecule has 0 bridgehead atoms. The van der Waals surface area contributed by atoms with Crippen LogP contribution in [0.4, 0.5) is 5.82 Å².